The molecule has 1 aromatic rings. The van der Waals surface area contributed by atoms with Crippen LogP contribution in [0.25, 0.3) is 0 Å². The maximum atomic E-state index is 12.2. The van der Waals surface area contributed by atoms with Gasteiger partial charge < -0.3 is 10.2 Å². The third-order valence-corrected chi connectivity index (χ3v) is 4.87. The summed E-state index contributed by atoms with van der Waals surface area (Å²) in [5, 5.41) is 11.0. The second-order valence-electron chi connectivity index (χ2n) is 6.86. The molecule has 0 aliphatic carbocycles. The third kappa shape index (κ3) is 4.69. The molecule has 1 N–H and O–H groups in total. The van der Waals surface area contributed by atoms with E-state index < -0.39 is 0 Å². The Hall–Kier alpha value is -2.68. The van der Waals surface area contributed by atoms with E-state index in [1.54, 1.807) is 12.1 Å². The first-order valence-electron chi connectivity index (χ1n) is 9.14. The summed E-state index contributed by atoms with van der Waals surface area (Å²) in [5.41, 5.74) is 1.28. The van der Waals surface area contributed by atoms with Crippen molar-refractivity contribution in [3.63, 3.8) is 0 Å². The predicted molar refractivity (Wildman–Crippen MR) is 98.3 cm³/mol. The van der Waals surface area contributed by atoms with Crippen molar-refractivity contribution in [3.8, 4) is 12.3 Å². The van der Waals surface area contributed by atoms with E-state index in [2.05, 4.69) is 21.5 Å². The molecule has 0 radical (unpaired) electrons. The second kappa shape index (κ2) is 8.13. The van der Waals surface area contributed by atoms with E-state index in [1.807, 2.05) is 17.0 Å². The Labute approximate surface area is 154 Å². The number of carbonyl (C=O) groups excluding carboxylic acids is 2. The molecule has 2 aliphatic heterocycles. The largest absolute Gasteiger partial charge is 0.352 e. The molecule has 1 aromatic carbocycles. The Balaban J connectivity index is 1.45. The molecule has 3 rings (SSSR count). The number of nitrogens with one attached hydrogen (secondary N) is 1. The van der Waals surface area contributed by atoms with Gasteiger partial charge in [0, 0.05) is 50.9 Å². The molecule has 136 valence electrons. The van der Waals surface area contributed by atoms with Gasteiger partial charge in [-0.1, -0.05) is 12.1 Å². The van der Waals surface area contributed by atoms with Crippen LogP contribution in [-0.4, -0.2) is 35.5 Å². The molecule has 0 atom stereocenters. The number of hydrogen-bond acceptors (Lipinski definition) is 4. The summed E-state index contributed by atoms with van der Waals surface area (Å²) in [5.74, 6) is 2.70. The average molecular weight is 352 g/mol. The fraction of sp³-hybridized carbons (Fsp3) is 0.500. The minimum atomic E-state index is -0.371. The first-order valence-corrected chi connectivity index (χ1v) is 9.14. The number of carbonyl (C=O) groups is 2. The number of amides is 2. The zero-order valence-corrected chi connectivity index (χ0v) is 14.9. The molecule has 6 heteroatoms. The Morgan fingerprint density at radius 2 is 2.00 bits per heavy atom. The average Bonchev–Trinajstić information content (AvgIpc) is 3.42. The SMILES string of the molecule is C#CCCC1(CCNC(=O)c2ccc(CN3CCCCC3=O)cc2)N=N1. The van der Waals surface area contributed by atoms with Crippen molar-refractivity contribution in [1.29, 1.82) is 0 Å². The summed E-state index contributed by atoms with van der Waals surface area (Å²) in [6, 6.07) is 7.44. The molecule has 1 fully saturated rings. The zero-order chi connectivity index (χ0) is 18.4. The van der Waals surface area contributed by atoms with Crippen LogP contribution in [0.15, 0.2) is 34.5 Å². The number of likely N-dealkylation sites (tertiary alicyclic amines) is 1. The standard InChI is InChI=1S/C20H24N4O2/c1-2-3-11-20(22-23-20)12-13-21-19(26)17-9-7-16(8-10-17)15-24-14-5-4-6-18(24)25/h1,7-10H,3-6,11-15H2,(H,21,26). The van der Waals surface area contributed by atoms with E-state index in [4.69, 9.17) is 6.42 Å². The second-order valence-corrected chi connectivity index (χ2v) is 6.86. The van der Waals surface area contributed by atoms with E-state index in [0.29, 0.717) is 37.9 Å². The first kappa shape index (κ1) is 18.1. The lowest BCUT2D eigenvalue weighted by Gasteiger charge is -2.26. The van der Waals surface area contributed by atoms with E-state index in [9.17, 15) is 9.59 Å². The molecule has 2 amide bonds. The maximum absolute atomic E-state index is 12.2. The van der Waals surface area contributed by atoms with Gasteiger partial charge in [0.2, 0.25) is 5.91 Å². The van der Waals surface area contributed by atoms with Gasteiger partial charge in [-0.15, -0.1) is 12.3 Å². The van der Waals surface area contributed by atoms with E-state index in [1.165, 1.54) is 0 Å². The summed E-state index contributed by atoms with van der Waals surface area (Å²) in [6.45, 7) is 1.94. The molecule has 0 aromatic heterocycles. The van der Waals surface area contributed by atoms with Crippen molar-refractivity contribution in [3.05, 3.63) is 35.4 Å². The summed E-state index contributed by atoms with van der Waals surface area (Å²) >= 11 is 0. The van der Waals surface area contributed by atoms with Gasteiger partial charge in [0.05, 0.1) is 0 Å². The molecular weight excluding hydrogens is 328 g/mol. The Kier molecular flexibility index (Phi) is 5.67. The molecule has 26 heavy (non-hydrogen) atoms. The third-order valence-electron chi connectivity index (χ3n) is 4.87. The maximum Gasteiger partial charge on any atom is 0.251 e. The van der Waals surface area contributed by atoms with Crippen LogP contribution in [0.1, 0.15) is 54.4 Å². The van der Waals surface area contributed by atoms with Crippen LogP contribution >= 0.6 is 0 Å². The van der Waals surface area contributed by atoms with Crippen LogP contribution in [-0.2, 0) is 11.3 Å². The molecule has 0 bridgehead atoms. The molecule has 0 spiro atoms. The first-order chi connectivity index (χ1) is 12.6. The molecule has 0 saturated carbocycles. The highest BCUT2D eigenvalue weighted by Gasteiger charge is 2.38. The number of hydrogen-bond donors (Lipinski definition) is 1. The number of rotatable bonds is 8. The van der Waals surface area contributed by atoms with Crippen molar-refractivity contribution in [2.45, 2.75) is 50.7 Å². The minimum absolute atomic E-state index is 0.113. The van der Waals surface area contributed by atoms with E-state index in [0.717, 1.165) is 31.4 Å². The highest BCUT2D eigenvalue weighted by molar-refractivity contribution is 5.94. The smallest absolute Gasteiger partial charge is 0.251 e. The highest BCUT2D eigenvalue weighted by atomic mass is 16.2. The van der Waals surface area contributed by atoms with Gasteiger partial charge in [-0.3, -0.25) is 9.59 Å². The van der Waals surface area contributed by atoms with Crippen molar-refractivity contribution in [2.75, 3.05) is 13.1 Å². The van der Waals surface area contributed by atoms with Crippen LogP contribution in [0, 0.1) is 12.3 Å². The summed E-state index contributed by atoms with van der Waals surface area (Å²) in [4.78, 5) is 26.0. The van der Waals surface area contributed by atoms with Gasteiger partial charge in [0.15, 0.2) is 5.66 Å². The number of terminal acetylenes is 1. The molecule has 6 nitrogen and oxygen atoms in total. The Morgan fingerprint density at radius 3 is 2.65 bits per heavy atom. The van der Waals surface area contributed by atoms with Crippen LogP contribution in [0.2, 0.25) is 0 Å². The van der Waals surface area contributed by atoms with Crippen molar-refractivity contribution < 1.29 is 9.59 Å². The van der Waals surface area contributed by atoms with Gasteiger partial charge in [0.25, 0.3) is 5.91 Å². The topological polar surface area (TPSA) is 74.1 Å². The minimum Gasteiger partial charge on any atom is -0.352 e. The molecular formula is C20H24N4O2. The highest BCUT2D eigenvalue weighted by Crippen LogP contribution is 2.36. The molecule has 1 saturated heterocycles. The summed E-state index contributed by atoms with van der Waals surface area (Å²) < 4.78 is 0. The fourth-order valence-corrected chi connectivity index (χ4v) is 3.16. The molecule has 2 heterocycles. The normalized spacial score (nSPS) is 17.7. The van der Waals surface area contributed by atoms with Crippen LogP contribution in [0.3, 0.4) is 0 Å². The van der Waals surface area contributed by atoms with Crippen LogP contribution in [0.5, 0.6) is 0 Å². The lowest BCUT2D eigenvalue weighted by Crippen LogP contribution is -2.34. The fourth-order valence-electron chi connectivity index (χ4n) is 3.16. The predicted octanol–water partition coefficient (Wildman–Crippen LogP) is 2.89. The lowest BCUT2D eigenvalue weighted by atomic mass is 10.0. The summed E-state index contributed by atoms with van der Waals surface area (Å²) in [6.07, 6.45) is 10.0. The van der Waals surface area contributed by atoms with Crippen molar-refractivity contribution in [2.24, 2.45) is 10.2 Å². The quantitative estimate of drug-likeness (QED) is 0.731. The van der Waals surface area contributed by atoms with Gasteiger partial charge in [-0.2, -0.15) is 10.2 Å². The monoisotopic (exact) mass is 352 g/mol. The van der Waals surface area contributed by atoms with Crippen molar-refractivity contribution in [1.82, 2.24) is 10.2 Å². The molecule has 2 aliphatic rings. The Bertz CT molecular complexity index is 727. The molecule has 0 unspecified atom stereocenters. The number of piperidine rings is 1. The summed E-state index contributed by atoms with van der Waals surface area (Å²) in [7, 11) is 0. The zero-order valence-electron chi connectivity index (χ0n) is 14.9. The van der Waals surface area contributed by atoms with E-state index >= 15 is 0 Å². The number of benzene rings is 1. The van der Waals surface area contributed by atoms with Crippen LogP contribution in [0.4, 0.5) is 0 Å². The van der Waals surface area contributed by atoms with Crippen LogP contribution < -0.4 is 5.32 Å². The lowest BCUT2D eigenvalue weighted by molar-refractivity contribution is -0.133. The van der Waals surface area contributed by atoms with Crippen molar-refractivity contribution >= 4 is 11.8 Å². The number of nitrogens with zero attached hydrogens (tertiary/aromatic N) is 3. The van der Waals surface area contributed by atoms with Gasteiger partial charge in [-0.05, 0) is 30.5 Å². The van der Waals surface area contributed by atoms with E-state index in [-0.39, 0.29) is 17.5 Å². The Morgan fingerprint density at radius 1 is 1.23 bits per heavy atom. The van der Waals surface area contributed by atoms with Gasteiger partial charge >= 0.3 is 0 Å². The van der Waals surface area contributed by atoms with Gasteiger partial charge in [0.1, 0.15) is 0 Å². The van der Waals surface area contributed by atoms with Gasteiger partial charge in [-0.25, -0.2) is 0 Å².